The second-order valence-electron chi connectivity index (χ2n) is 15.0. The lowest BCUT2D eigenvalue weighted by atomic mass is 10.1. The summed E-state index contributed by atoms with van der Waals surface area (Å²) in [4.78, 5) is 30.5. The Hall–Kier alpha value is -4.50. The molecule has 4 aromatic rings. The maximum Gasteiger partial charge on any atom is 0.407 e. The second-order valence-corrected chi connectivity index (χ2v) is 15.0. The van der Waals surface area contributed by atoms with Crippen LogP contribution in [0, 0.1) is 0 Å². The molecule has 2 saturated heterocycles. The smallest absolute Gasteiger partial charge is 0.407 e. The van der Waals surface area contributed by atoms with Crippen molar-refractivity contribution in [3.8, 4) is 23.0 Å². The van der Waals surface area contributed by atoms with Crippen molar-refractivity contribution in [2.75, 3.05) is 104 Å². The van der Waals surface area contributed by atoms with Crippen LogP contribution in [0.3, 0.4) is 0 Å². The van der Waals surface area contributed by atoms with Crippen LogP contribution in [0.15, 0.2) is 48.8 Å². The molecule has 4 heterocycles. The predicted octanol–water partition coefficient (Wildman–Crippen LogP) is 6.70. The number of alkyl carbamates (subject to hydrolysis) is 1. The van der Waals surface area contributed by atoms with Crippen LogP contribution in [0.25, 0.3) is 21.8 Å². The fourth-order valence-electron chi connectivity index (χ4n) is 7.10. The molecule has 2 aliphatic heterocycles. The number of benzene rings is 2. The van der Waals surface area contributed by atoms with Crippen molar-refractivity contribution >= 4 is 51.7 Å². The number of piperazine rings is 2. The Labute approximate surface area is 352 Å². The summed E-state index contributed by atoms with van der Waals surface area (Å²) >= 11 is 0. The van der Waals surface area contributed by atoms with Crippen molar-refractivity contribution in [3.63, 3.8) is 0 Å². The van der Waals surface area contributed by atoms with E-state index in [4.69, 9.17) is 29.4 Å². The van der Waals surface area contributed by atoms with Gasteiger partial charge in [0.25, 0.3) is 0 Å². The van der Waals surface area contributed by atoms with E-state index in [-0.39, 0.29) is 39.4 Å². The monoisotopic (exact) mass is 829 g/mol. The van der Waals surface area contributed by atoms with Gasteiger partial charge >= 0.3 is 6.09 Å². The summed E-state index contributed by atoms with van der Waals surface area (Å²) in [7, 11) is 6.58. The molecular weight excluding hydrogens is 760 g/mol. The summed E-state index contributed by atoms with van der Waals surface area (Å²) < 4.78 is 27.1. The van der Waals surface area contributed by atoms with Crippen molar-refractivity contribution < 1.29 is 28.5 Å². The highest BCUT2D eigenvalue weighted by molar-refractivity contribution is 5.95. The topological polar surface area (TPSA) is 140 Å². The van der Waals surface area contributed by atoms with E-state index < -0.39 is 5.60 Å². The highest BCUT2D eigenvalue weighted by atomic mass is 35.5. The van der Waals surface area contributed by atoms with Crippen molar-refractivity contribution in [1.82, 2.24) is 25.1 Å². The van der Waals surface area contributed by atoms with Crippen LogP contribution in [-0.4, -0.2) is 137 Å². The van der Waals surface area contributed by atoms with E-state index in [0.717, 1.165) is 85.6 Å². The number of ether oxygens (including phenoxy) is 5. The number of carbonyl (C=O) groups is 1. The minimum absolute atomic E-state index is 0. The molecule has 0 saturated carbocycles. The number of fused-ring (bicyclic) bond motifs is 2. The van der Waals surface area contributed by atoms with Gasteiger partial charge in [0.05, 0.1) is 39.5 Å². The predicted molar refractivity (Wildman–Crippen MR) is 240 cm³/mol. The van der Waals surface area contributed by atoms with E-state index >= 15 is 0 Å². The maximum atomic E-state index is 11.9. The molecule has 0 spiro atoms. The number of methoxy groups -OCH3 is 4. The van der Waals surface area contributed by atoms with Crippen molar-refractivity contribution in [3.05, 3.63) is 48.8 Å². The summed E-state index contributed by atoms with van der Waals surface area (Å²) in [6, 6.07) is 12.7. The third-order valence-electron chi connectivity index (χ3n) is 10.3. The Kier molecular flexibility index (Phi) is 19.3. The Morgan fingerprint density at radius 3 is 1.43 bits per heavy atom. The summed E-state index contributed by atoms with van der Waals surface area (Å²) in [6.07, 6.45) is 3.33. The van der Waals surface area contributed by atoms with Gasteiger partial charge in [-0.2, -0.15) is 0 Å². The molecule has 2 aromatic heterocycles. The van der Waals surface area contributed by atoms with Crippen LogP contribution < -0.4 is 39.8 Å². The standard InChI is InChI=1S/C23H34N4O4.C18H26N4O2.2CH4.ClH/c1-16(15-25-22(28)31-23(2,3)4)26-9-11-27(12-10-26)19-7-8-24-18-14-21(30-6)20(29-5)13-17(18)19;1-13(12-19)21-6-8-22(9-7-21)16-4-5-20-15-11-18(24-3)17(23-2)10-14(15)16;;;/h7-8,13-14,16H,9-12,15H2,1-6H3,(H,25,28);4-5,10-11,13H,6-9,12,19H2,1-3H3;2*1H4;1H. The van der Waals surface area contributed by atoms with Gasteiger partial charge in [-0.1, -0.05) is 14.9 Å². The molecule has 2 aromatic carbocycles. The van der Waals surface area contributed by atoms with E-state index in [9.17, 15) is 4.79 Å². The fourth-order valence-corrected chi connectivity index (χ4v) is 7.10. The Morgan fingerprint density at radius 2 is 1.07 bits per heavy atom. The number of hydrogen-bond acceptors (Lipinski definition) is 13. The number of amides is 1. The number of rotatable bonds is 11. The number of anilines is 2. The van der Waals surface area contributed by atoms with Crippen LogP contribution in [0.5, 0.6) is 23.0 Å². The molecule has 2 fully saturated rings. The zero-order valence-electron chi connectivity index (χ0n) is 34.5. The maximum absolute atomic E-state index is 11.9. The number of pyridine rings is 2. The third-order valence-corrected chi connectivity index (χ3v) is 10.3. The average Bonchev–Trinajstić information content (AvgIpc) is 3.20. The van der Waals surface area contributed by atoms with Gasteiger partial charge in [0, 0.05) is 124 Å². The summed E-state index contributed by atoms with van der Waals surface area (Å²) in [6.45, 7) is 18.8. The average molecular weight is 830 g/mol. The third kappa shape index (κ3) is 12.3. The van der Waals surface area contributed by atoms with Gasteiger partial charge in [-0.25, -0.2) is 4.79 Å². The van der Waals surface area contributed by atoms with Crippen LogP contribution >= 0.6 is 12.4 Å². The van der Waals surface area contributed by atoms with Crippen LogP contribution in [0.1, 0.15) is 49.5 Å². The normalized spacial score (nSPS) is 15.7. The summed E-state index contributed by atoms with van der Waals surface area (Å²) in [5.74, 6) is 2.81. The molecule has 0 aliphatic carbocycles. The quantitative estimate of drug-likeness (QED) is 0.166. The first kappa shape index (κ1) is 49.6. The van der Waals surface area contributed by atoms with Crippen molar-refractivity contribution in [2.45, 2.75) is 67.2 Å². The fraction of sp³-hybridized carbons (Fsp3) is 0.558. The van der Waals surface area contributed by atoms with Gasteiger partial charge in [0.15, 0.2) is 23.0 Å². The first-order valence-corrected chi connectivity index (χ1v) is 19.1. The van der Waals surface area contributed by atoms with Crippen LogP contribution in [0.2, 0.25) is 0 Å². The molecule has 0 radical (unpaired) electrons. The van der Waals surface area contributed by atoms with Crippen molar-refractivity contribution in [1.29, 1.82) is 0 Å². The zero-order valence-corrected chi connectivity index (χ0v) is 35.3. The molecular formula is C43H69ClN8O6. The zero-order chi connectivity index (χ0) is 39.7. The summed E-state index contributed by atoms with van der Waals surface area (Å²) in [5.41, 5.74) is 9.45. The molecule has 2 unspecified atom stereocenters. The van der Waals surface area contributed by atoms with E-state index in [0.29, 0.717) is 36.4 Å². The minimum Gasteiger partial charge on any atom is -0.493 e. The van der Waals surface area contributed by atoms with Gasteiger partial charge in [0.2, 0.25) is 0 Å². The lowest BCUT2D eigenvalue weighted by Crippen LogP contribution is -2.52. The van der Waals surface area contributed by atoms with Crippen LogP contribution in [0.4, 0.5) is 16.2 Å². The molecule has 14 nitrogen and oxygen atoms in total. The lowest BCUT2D eigenvalue weighted by Gasteiger charge is -2.39. The van der Waals surface area contributed by atoms with E-state index in [2.05, 4.69) is 60.9 Å². The van der Waals surface area contributed by atoms with Crippen LogP contribution in [-0.2, 0) is 4.74 Å². The molecule has 6 rings (SSSR count). The number of aromatic nitrogens is 2. The minimum atomic E-state index is -0.487. The lowest BCUT2D eigenvalue weighted by molar-refractivity contribution is 0.0508. The van der Waals surface area contributed by atoms with E-state index in [1.807, 2.05) is 57.4 Å². The molecule has 2 aliphatic rings. The van der Waals surface area contributed by atoms with E-state index in [1.54, 1.807) is 28.4 Å². The number of hydrogen-bond donors (Lipinski definition) is 2. The second kappa shape index (κ2) is 22.6. The number of nitrogens with one attached hydrogen (secondary N) is 1. The number of carbonyl (C=O) groups excluding carboxylic acids is 1. The molecule has 0 bridgehead atoms. The summed E-state index contributed by atoms with van der Waals surface area (Å²) in [5, 5.41) is 5.02. The van der Waals surface area contributed by atoms with E-state index in [1.165, 1.54) is 5.69 Å². The van der Waals surface area contributed by atoms with Gasteiger partial charge in [-0.15, -0.1) is 12.4 Å². The molecule has 58 heavy (non-hydrogen) atoms. The van der Waals surface area contributed by atoms with Crippen molar-refractivity contribution in [2.24, 2.45) is 5.73 Å². The van der Waals surface area contributed by atoms with Gasteiger partial charge in [-0.05, 0) is 58.9 Å². The molecule has 15 heteroatoms. The highest BCUT2D eigenvalue weighted by Crippen LogP contribution is 2.37. The number of nitrogens with two attached hydrogens (primary N) is 1. The van der Waals surface area contributed by atoms with Gasteiger partial charge in [0.1, 0.15) is 5.60 Å². The van der Waals surface area contributed by atoms with Gasteiger partial charge in [-0.3, -0.25) is 19.8 Å². The Bertz CT molecular complexity index is 1880. The Balaban J connectivity index is 0.000000391. The first-order valence-electron chi connectivity index (χ1n) is 19.1. The molecule has 2 atom stereocenters. The molecule has 3 N–H and O–H groups in total. The SMILES string of the molecule is C.C.COc1cc2nccc(N3CCN(C(C)CN)CC3)c2cc1OC.COc1cc2nccc(N3CCN(C(C)CNC(=O)OC(C)(C)C)CC3)c2cc1OC.Cl. The number of nitrogens with zero attached hydrogens (tertiary/aromatic N) is 6. The Morgan fingerprint density at radius 1 is 0.690 bits per heavy atom. The molecule has 324 valence electrons. The highest BCUT2D eigenvalue weighted by Gasteiger charge is 2.25. The molecule has 1 amide bonds. The largest absolute Gasteiger partial charge is 0.493 e. The number of halogens is 1. The first-order chi connectivity index (χ1) is 26.4. The van der Waals surface area contributed by atoms with Gasteiger partial charge < -0.3 is 44.5 Å².